The Labute approximate surface area is 143 Å². The molecule has 21 heavy (non-hydrogen) atoms. The molecular weight excluding hydrogens is 329 g/mol. The summed E-state index contributed by atoms with van der Waals surface area (Å²) in [7, 11) is 0. The molecule has 0 aliphatic carbocycles. The van der Waals surface area contributed by atoms with Gasteiger partial charge in [0.1, 0.15) is 0 Å². The van der Waals surface area contributed by atoms with E-state index in [9.17, 15) is 4.79 Å². The third-order valence-electron chi connectivity index (χ3n) is 3.56. The molecule has 0 saturated carbocycles. The molecule has 4 nitrogen and oxygen atoms in total. The molecule has 0 spiro atoms. The van der Waals surface area contributed by atoms with Crippen molar-refractivity contribution in [1.82, 2.24) is 10.2 Å². The Bertz CT molecular complexity index is 440. The van der Waals surface area contributed by atoms with Crippen molar-refractivity contribution in [2.45, 2.75) is 45.3 Å². The average Bonchev–Trinajstić information content (AvgIpc) is 2.82. The number of nitrogens with one attached hydrogen (secondary N) is 1. The van der Waals surface area contributed by atoms with Crippen LogP contribution < -0.4 is 11.1 Å². The van der Waals surface area contributed by atoms with Gasteiger partial charge in [-0.05, 0) is 37.3 Å². The number of thiophene rings is 1. The molecule has 2 atom stereocenters. The molecule has 2 unspecified atom stereocenters. The van der Waals surface area contributed by atoms with E-state index < -0.39 is 0 Å². The molecule has 1 amide bonds. The normalized spacial score (nSPS) is 16.9. The Balaban J connectivity index is 0.00000200. The van der Waals surface area contributed by atoms with Crippen molar-refractivity contribution >= 4 is 42.1 Å². The molecular formula is C14H25Cl2N3OS. The summed E-state index contributed by atoms with van der Waals surface area (Å²) in [5.74, 6) is 0.0510. The lowest BCUT2D eigenvalue weighted by Gasteiger charge is -2.32. The molecule has 1 aromatic rings. The summed E-state index contributed by atoms with van der Waals surface area (Å²) in [6, 6.07) is 2.51. The molecule has 3 N–H and O–H groups in total. The molecule has 0 fully saturated rings. The van der Waals surface area contributed by atoms with E-state index in [-0.39, 0.29) is 36.8 Å². The van der Waals surface area contributed by atoms with Crippen molar-refractivity contribution in [1.29, 1.82) is 0 Å². The first-order valence-electron chi connectivity index (χ1n) is 6.88. The molecule has 0 radical (unpaired) electrons. The lowest BCUT2D eigenvalue weighted by Crippen LogP contribution is -2.44. The van der Waals surface area contributed by atoms with Gasteiger partial charge in [0, 0.05) is 43.0 Å². The van der Waals surface area contributed by atoms with E-state index in [0.29, 0.717) is 19.0 Å². The first-order valence-corrected chi connectivity index (χ1v) is 7.76. The molecule has 122 valence electrons. The fourth-order valence-electron chi connectivity index (χ4n) is 2.40. The summed E-state index contributed by atoms with van der Waals surface area (Å²) in [5.41, 5.74) is 7.06. The van der Waals surface area contributed by atoms with Gasteiger partial charge in [0.05, 0.1) is 0 Å². The van der Waals surface area contributed by atoms with Gasteiger partial charge in [-0.25, -0.2) is 0 Å². The maximum Gasteiger partial charge on any atom is 0.221 e. The van der Waals surface area contributed by atoms with Crippen LogP contribution in [-0.4, -0.2) is 36.0 Å². The highest BCUT2D eigenvalue weighted by Crippen LogP contribution is 2.24. The molecule has 1 aromatic heterocycles. The van der Waals surface area contributed by atoms with E-state index in [1.807, 2.05) is 18.3 Å². The van der Waals surface area contributed by atoms with Crippen LogP contribution in [0.4, 0.5) is 0 Å². The van der Waals surface area contributed by atoms with Crippen molar-refractivity contribution in [2.24, 2.45) is 5.73 Å². The van der Waals surface area contributed by atoms with E-state index in [2.05, 4.69) is 28.6 Å². The van der Waals surface area contributed by atoms with Crippen LogP contribution in [0.5, 0.6) is 0 Å². The Morgan fingerprint density at radius 3 is 2.86 bits per heavy atom. The van der Waals surface area contributed by atoms with Gasteiger partial charge in [-0.2, -0.15) is 0 Å². The fraction of sp³-hybridized carbons (Fsp3) is 0.643. The molecule has 0 saturated heterocycles. The van der Waals surface area contributed by atoms with Gasteiger partial charge in [0.25, 0.3) is 0 Å². The van der Waals surface area contributed by atoms with Crippen LogP contribution in [0.2, 0.25) is 0 Å². The molecule has 1 aliphatic rings. The number of hydrogen-bond donors (Lipinski definition) is 2. The van der Waals surface area contributed by atoms with Crippen LogP contribution in [0.3, 0.4) is 0 Å². The second-order valence-corrected chi connectivity index (χ2v) is 6.42. The number of carbonyl (C=O) groups is 1. The van der Waals surface area contributed by atoms with Gasteiger partial charge >= 0.3 is 0 Å². The second kappa shape index (κ2) is 9.64. The summed E-state index contributed by atoms with van der Waals surface area (Å²) in [4.78, 5) is 15.5. The maximum absolute atomic E-state index is 11.6. The second-order valence-electron chi connectivity index (χ2n) is 5.42. The van der Waals surface area contributed by atoms with E-state index in [4.69, 9.17) is 5.73 Å². The van der Waals surface area contributed by atoms with Gasteiger partial charge in [-0.15, -0.1) is 36.2 Å². The predicted octanol–water partition coefficient (Wildman–Crippen LogP) is 2.19. The monoisotopic (exact) mass is 353 g/mol. The number of fused-ring (bicyclic) bond motifs is 1. The topological polar surface area (TPSA) is 58.4 Å². The highest BCUT2D eigenvalue weighted by molar-refractivity contribution is 7.10. The summed E-state index contributed by atoms with van der Waals surface area (Å²) in [6.07, 6.45) is 1.53. The lowest BCUT2D eigenvalue weighted by molar-refractivity contribution is -0.121. The minimum Gasteiger partial charge on any atom is -0.354 e. The zero-order valence-electron chi connectivity index (χ0n) is 12.5. The number of carbonyl (C=O) groups excluding carboxylic acids is 1. The molecule has 1 aliphatic heterocycles. The highest BCUT2D eigenvalue weighted by atomic mass is 35.5. The number of nitrogens with zero attached hydrogens (tertiary/aromatic N) is 1. The Hall–Kier alpha value is -0.330. The van der Waals surface area contributed by atoms with Crippen LogP contribution in [0.25, 0.3) is 0 Å². The Kier molecular flexibility index (Phi) is 9.49. The largest absolute Gasteiger partial charge is 0.354 e. The molecule has 2 rings (SSSR count). The molecule has 2 heterocycles. The van der Waals surface area contributed by atoms with E-state index in [1.165, 1.54) is 10.4 Å². The van der Waals surface area contributed by atoms with Crippen molar-refractivity contribution < 1.29 is 4.79 Å². The van der Waals surface area contributed by atoms with Gasteiger partial charge in [-0.1, -0.05) is 0 Å². The standard InChI is InChI=1S/C14H23N3OS.2ClH/c1-10(15)7-14(18)16-8-11(2)17-5-3-13-12(9-17)4-6-19-13;;/h4,6,10-11H,3,5,7-9,15H2,1-2H3,(H,16,18);2*1H. The number of hydrogen-bond acceptors (Lipinski definition) is 4. The molecule has 7 heteroatoms. The molecule has 0 bridgehead atoms. The fourth-order valence-corrected chi connectivity index (χ4v) is 3.29. The highest BCUT2D eigenvalue weighted by Gasteiger charge is 2.21. The maximum atomic E-state index is 11.6. The van der Waals surface area contributed by atoms with Crippen LogP contribution in [0, 0.1) is 0 Å². The Morgan fingerprint density at radius 2 is 2.19 bits per heavy atom. The summed E-state index contributed by atoms with van der Waals surface area (Å²) in [5, 5.41) is 5.14. The first kappa shape index (κ1) is 20.7. The average molecular weight is 354 g/mol. The quantitative estimate of drug-likeness (QED) is 0.852. The smallest absolute Gasteiger partial charge is 0.221 e. The first-order chi connectivity index (χ1) is 9.06. The predicted molar refractivity (Wildman–Crippen MR) is 93.7 cm³/mol. The number of rotatable bonds is 5. The third-order valence-corrected chi connectivity index (χ3v) is 4.59. The van der Waals surface area contributed by atoms with Crippen molar-refractivity contribution in [3.63, 3.8) is 0 Å². The summed E-state index contributed by atoms with van der Waals surface area (Å²) in [6.45, 7) is 6.81. The van der Waals surface area contributed by atoms with Crippen LogP contribution in [0.1, 0.15) is 30.7 Å². The van der Waals surface area contributed by atoms with Gasteiger partial charge in [-0.3, -0.25) is 9.69 Å². The van der Waals surface area contributed by atoms with Crippen LogP contribution >= 0.6 is 36.2 Å². The zero-order valence-corrected chi connectivity index (χ0v) is 15.0. The van der Waals surface area contributed by atoms with Gasteiger partial charge < -0.3 is 11.1 Å². The van der Waals surface area contributed by atoms with Gasteiger partial charge in [0.15, 0.2) is 0 Å². The Morgan fingerprint density at radius 1 is 1.48 bits per heavy atom. The van der Waals surface area contributed by atoms with Crippen molar-refractivity contribution in [3.05, 3.63) is 21.9 Å². The van der Waals surface area contributed by atoms with Gasteiger partial charge in [0.2, 0.25) is 5.91 Å². The third kappa shape index (κ3) is 6.12. The summed E-state index contributed by atoms with van der Waals surface area (Å²) < 4.78 is 0. The number of nitrogens with two attached hydrogens (primary N) is 1. The van der Waals surface area contributed by atoms with Crippen molar-refractivity contribution in [3.8, 4) is 0 Å². The zero-order chi connectivity index (χ0) is 13.8. The van der Waals surface area contributed by atoms with E-state index >= 15 is 0 Å². The van der Waals surface area contributed by atoms with Crippen LogP contribution in [0.15, 0.2) is 11.4 Å². The SMILES string of the molecule is CC(N)CC(=O)NCC(C)N1CCc2sccc2C1.Cl.Cl. The number of halogens is 2. The lowest BCUT2D eigenvalue weighted by atomic mass is 10.1. The molecule has 0 aromatic carbocycles. The summed E-state index contributed by atoms with van der Waals surface area (Å²) >= 11 is 1.85. The van der Waals surface area contributed by atoms with E-state index in [0.717, 1.165) is 19.5 Å². The van der Waals surface area contributed by atoms with Crippen molar-refractivity contribution in [2.75, 3.05) is 13.1 Å². The number of amides is 1. The van der Waals surface area contributed by atoms with E-state index in [1.54, 1.807) is 0 Å². The minimum absolute atomic E-state index is 0. The minimum atomic E-state index is -0.0707. The van der Waals surface area contributed by atoms with Crippen LogP contribution in [-0.2, 0) is 17.8 Å².